The summed E-state index contributed by atoms with van der Waals surface area (Å²) in [7, 11) is 4.44. The quantitative estimate of drug-likeness (QED) is 0.722. The van der Waals surface area contributed by atoms with Gasteiger partial charge in [-0.05, 0) is 37.3 Å². The van der Waals surface area contributed by atoms with Crippen LogP contribution in [0.3, 0.4) is 0 Å². The fraction of sp³-hybridized carbons (Fsp3) is 0.263. The summed E-state index contributed by atoms with van der Waals surface area (Å²) >= 11 is 0. The Labute approximate surface area is 157 Å². The first-order valence-corrected chi connectivity index (χ1v) is 8.17. The molecule has 0 aliphatic rings. The monoisotopic (exact) mass is 374 g/mol. The molecule has 0 saturated heterocycles. The number of methoxy groups -OCH3 is 3. The van der Waals surface area contributed by atoms with Gasteiger partial charge in [0.05, 0.1) is 33.5 Å². The molecular formula is C19H22N2O6. The Balaban J connectivity index is 2.08. The molecule has 0 heterocycles. The molecule has 0 atom stereocenters. The van der Waals surface area contributed by atoms with Crippen molar-refractivity contribution in [1.29, 1.82) is 0 Å². The van der Waals surface area contributed by atoms with Crippen LogP contribution in [0.1, 0.15) is 27.6 Å². The van der Waals surface area contributed by atoms with E-state index < -0.39 is 11.8 Å². The lowest BCUT2D eigenvalue weighted by molar-refractivity contribution is 0.0844. The second kappa shape index (κ2) is 9.33. The number of benzene rings is 2. The minimum absolute atomic E-state index is 0.253. The van der Waals surface area contributed by atoms with Gasteiger partial charge in [0.25, 0.3) is 11.8 Å². The van der Waals surface area contributed by atoms with Crippen molar-refractivity contribution in [3.05, 3.63) is 47.5 Å². The number of carbonyl (C=O) groups is 2. The molecule has 144 valence electrons. The van der Waals surface area contributed by atoms with Crippen LogP contribution in [0.2, 0.25) is 0 Å². The number of hydrazine groups is 1. The maximum absolute atomic E-state index is 12.3. The van der Waals surface area contributed by atoms with Crippen LogP contribution in [0, 0.1) is 0 Å². The van der Waals surface area contributed by atoms with E-state index in [4.69, 9.17) is 18.9 Å². The molecule has 0 aliphatic heterocycles. The largest absolute Gasteiger partial charge is 0.497 e. The van der Waals surface area contributed by atoms with E-state index in [1.165, 1.54) is 27.4 Å². The molecule has 0 aliphatic carbocycles. The first kappa shape index (κ1) is 19.9. The number of ether oxygens (including phenoxy) is 4. The van der Waals surface area contributed by atoms with E-state index in [0.717, 1.165) is 0 Å². The van der Waals surface area contributed by atoms with Gasteiger partial charge in [-0.15, -0.1) is 0 Å². The van der Waals surface area contributed by atoms with Crippen molar-refractivity contribution in [1.82, 2.24) is 10.9 Å². The SMILES string of the molecule is CCOc1ccc(C(=O)NNC(=O)c2ccc(OC)cc2OC)cc1OC. The topological polar surface area (TPSA) is 95.1 Å². The summed E-state index contributed by atoms with van der Waals surface area (Å²) in [6.07, 6.45) is 0. The molecule has 0 radical (unpaired) electrons. The lowest BCUT2D eigenvalue weighted by atomic mass is 10.2. The van der Waals surface area contributed by atoms with Crippen LogP contribution in [0.25, 0.3) is 0 Å². The third-order valence-electron chi connectivity index (χ3n) is 3.67. The van der Waals surface area contributed by atoms with Crippen molar-refractivity contribution in [2.24, 2.45) is 0 Å². The van der Waals surface area contributed by atoms with E-state index in [1.54, 1.807) is 30.3 Å². The van der Waals surface area contributed by atoms with Crippen LogP contribution in [-0.4, -0.2) is 39.8 Å². The Hall–Kier alpha value is -3.42. The fourth-order valence-electron chi connectivity index (χ4n) is 2.32. The minimum Gasteiger partial charge on any atom is -0.497 e. The number of carbonyl (C=O) groups excluding carboxylic acids is 2. The highest BCUT2D eigenvalue weighted by atomic mass is 16.5. The minimum atomic E-state index is -0.527. The zero-order valence-electron chi connectivity index (χ0n) is 15.6. The molecule has 2 aromatic carbocycles. The maximum Gasteiger partial charge on any atom is 0.273 e. The summed E-state index contributed by atoms with van der Waals surface area (Å²) in [5.41, 5.74) is 5.27. The normalized spacial score (nSPS) is 9.93. The summed E-state index contributed by atoms with van der Waals surface area (Å²) in [6.45, 7) is 2.32. The van der Waals surface area contributed by atoms with Crippen LogP contribution in [0.15, 0.2) is 36.4 Å². The predicted molar refractivity (Wildman–Crippen MR) is 98.6 cm³/mol. The molecule has 0 bridgehead atoms. The zero-order valence-corrected chi connectivity index (χ0v) is 15.6. The number of rotatable bonds is 7. The highest BCUT2D eigenvalue weighted by Gasteiger charge is 2.16. The lowest BCUT2D eigenvalue weighted by Gasteiger charge is -2.13. The molecule has 2 rings (SSSR count). The first-order valence-electron chi connectivity index (χ1n) is 8.17. The Morgan fingerprint density at radius 1 is 0.815 bits per heavy atom. The Morgan fingerprint density at radius 3 is 2.15 bits per heavy atom. The first-order chi connectivity index (χ1) is 13.0. The fourth-order valence-corrected chi connectivity index (χ4v) is 2.32. The van der Waals surface area contributed by atoms with Crippen LogP contribution in [0.4, 0.5) is 0 Å². The van der Waals surface area contributed by atoms with Gasteiger partial charge in [0.2, 0.25) is 0 Å². The molecule has 8 nitrogen and oxygen atoms in total. The van der Waals surface area contributed by atoms with E-state index in [0.29, 0.717) is 35.2 Å². The summed E-state index contributed by atoms with van der Waals surface area (Å²) < 4.78 is 20.9. The third-order valence-corrected chi connectivity index (χ3v) is 3.67. The van der Waals surface area contributed by atoms with Crippen molar-refractivity contribution in [3.8, 4) is 23.0 Å². The molecule has 27 heavy (non-hydrogen) atoms. The van der Waals surface area contributed by atoms with Crippen molar-refractivity contribution in [3.63, 3.8) is 0 Å². The predicted octanol–water partition coefficient (Wildman–Crippen LogP) is 2.19. The van der Waals surface area contributed by atoms with Gasteiger partial charge in [-0.25, -0.2) is 0 Å². The van der Waals surface area contributed by atoms with Crippen LogP contribution >= 0.6 is 0 Å². The van der Waals surface area contributed by atoms with Crippen molar-refractivity contribution in [2.45, 2.75) is 6.92 Å². The van der Waals surface area contributed by atoms with Crippen molar-refractivity contribution in [2.75, 3.05) is 27.9 Å². The Bertz CT molecular complexity index is 822. The number of hydrogen-bond donors (Lipinski definition) is 2. The molecule has 0 fully saturated rings. The molecule has 0 aromatic heterocycles. The van der Waals surface area contributed by atoms with Crippen molar-refractivity contribution < 1.29 is 28.5 Å². The summed E-state index contributed by atoms with van der Waals surface area (Å²) in [4.78, 5) is 24.6. The van der Waals surface area contributed by atoms with Crippen LogP contribution < -0.4 is 29.8 Å². The molecule has 2 amide bonds. The smallest absolute Gasteiger partial charge is 0.273 e. The Kier molecular flexibility index (Phi) is 6.87. The molecule has 2 N–H and O–H groups in total. The number of hydrogen-bond acceptors (Lipinski definition) is 6. The van der Waals surface area contributed by atoms with Gasteiger partial charge >= 0.3 is 0 Å². The van der Waals surface area contributed by atoms with E-state index >= 15 is 0 Å². The van der Waals surface area contributed by atoms with Gasteiger partial charge in [0.15, 0.2) is 11.5 Å². The molecular weight excluding hydrogens is 352 g/mol. The van der Waals surface area contributed by atoms with Crippen LogP contribution in [-0.2, 0) is 0 Å². The van der Waals surface area contributed by atoms with Gasteiger partial charge < -0.3 is 18.9 Å². The second-order valence-corrected chi connectivity index (χ2v) is 5.27. The maximum atomic E-state index is 12.3. The number of nitrogens with one attached hydrogen (secondary N) is 2. The van der Waals surface area contributed by atoms with E-state index in [9.17, 15) is 9.59 Å². The zero-order chi connectivity index (χ0) is 19.8. The Morgan fingerprint density at radius 2 is 1.52 bits per heavy atom. The molecule has 2 aromatic rings. The average Bonchev–Trinajstić information content (AvgIpc) is 2.71. The van der Waals surface area contributed by atoms with Crippen LogP contribution in [0.5, 0.6) is 23.0 Å². The lowest BCUT2D eigenvalue weighted by Crippen LogP contribution is -2.41. The third kappa shape index (κ3) is 4.81. The van der Waals surface area contributed by atoms with Gasteiger partial charge in [0.1, 0.15) is 11.5 Å². The molecule has 0 unspecified atom stereocenters. The van der Waals surface area contributed by atoms with Gasteiger partial charge in [0, 0.05) is 11.6 Å². The van der Waals surface area contributed by atoms with Gasteiger partial charge in [-0.2, -0.15) is 0 Å². The molecule has 0 saturated carbocycles. The summed E-state index contributed by atoms with van der Waals surface area (Å²) in [5, 5.41) is 0. The van der Waals surface area contributed by atoms with Gasteiger partial charge in [-0.3, -0.25) is 20.4 Å². The second-order valence-electron chi connectivity index (χ2n) is 5.27. The molecule has 8 heteroatoms. The van der Waals surface area contributed by atoms with E-state index in [1.807, 2.05) is 6.92 Å². The molecule has 0 spiro atoms. The van der Waals surface area contributed by atoms with E-state index in [2.05, 4.69) is 10.9 Å². The summed E-state index contributed by atoms with van der Waals surface area (Å²) in [5.74, 6) is 0.798. The van der Waals surface area contributed by atoms with E-state index in [-0.39, 0.29) is 5.56 Å². The standard InChI is InChI=1S/C19H22N2O6/c1-5-27-15-9-6-12(10-17(15)26-4)18(22)20-21-19(23)14-8-7-13(24-2)11-16(14)25-3/h6-11H,5H2,1-4H3,(H,20,22)(H,21,23). The van der Waals surface area contributed by atoms with Gasteiger partial charge in [-0.1, -0.05) is 0 Å². The highest BCUT2D eigenvalue weighted by Crippen LogP contribution is 2.28. The average molecular weight is 374 g/mol. The number of amides is 2. The summed E-state index contributed by atoms with van der Waals surface area (Å²) in [6, 6.07) is 9.47. The van der Waals surface area contributed by atoms with Crippen molar-refractivity contribution >= 4 is 11.8 Å². The highest BCUT2D eigenvalue weighted by molar-refractivity contribution is 6.00.